The number of hydrogen-bond acceptors (Lipinski definition) is 5. The molecule has 0 aromatic carbocycles. The van der Waals surface area contributed by atoms with Crippen molar-refractivity contribution in [3.63, 3.8) is 0 Å². The topological polar surface area (TPSA) is 74.8 Å². The third kappa shape index (κ3) is 4.03. The van der Waals surface area contributed by atoms with E-state index in [4.69, 9.17) is 0 Å². The normalized spacial score (nSPS) is 11.5. The highest BCUT2D eigenvalue weighted by Crippen LogP contribution is 2.28. The van der Waals surface area contributed by atoms with E-state index in [1.165, 1.54) is 24.1 Å². The number of H-pyrrole nitrogens is 1. The van der Waals surface area contributed by atoms with Gasteiger partial charge in [0.2, 0.25) is 5.95 Å². The molecule has 0 saturated carbocycles. The Balaban J connectivity index is 2.14. The lowest BCUT2D eigenvalue weighted by molar-refractivity contribution is -0.141. The number of nitrogens with zero attached hydrogens (tertiary/aromatic N) is 4. The van der Waals surface area contributed by atoms with Crippen LogP contribution in [0.5, 0.6) is 0 Å². The minimum Gasteiger partial charge on any atom is -0.343 e. The highest BCUT2D eigenvalue weighted by molar-refractivity contribution is 5.32. The van der Waals surface area contributed by atoms with Crippen LogP contribution in [0, 0.1) is 6.92 Å². The summed E-state index contributed by atoms with van der Waals surface area (Å²) in [5.41, 5.74) is -1.03. The van der Waals surface area contributed by atoms with Gasteiger partial charge in [0, 0.05) is 38.0 Å². The van der Waals surface area contributed by atoms with Crippen molar-refractivity contribution in [1.82, 2.24) is 19.9 Å². The molecule has 2 rings (SSSR count). The summed E-state index contributed by atoms with van der Waals surface area (Å²) in [7, 11) is 1.58. The first-order chi connectivity index (χ1) is 10.3. The maximum atomic E-state index is 12.7. The molecule has 0 aliphatic rings. The monoisotopic (exact) mass is 313 g/mol. The zero-order valence-electron chi connectivity index (χ0n) is 12.0. The molecule has 0 atom stereocenters. The van der Waals surface area contributed by atoms with Crippen molar-refractivity contribution in [3.05, 3.63) is 45.9 Å². The standard InChI is InChI=1S/C13H14F3N5O/c1-8-7-9(13(14,15)16)19-12(18-8)21(2)6-4-10-17-5-3-11(22)20-10/h3,5,7H,4,6H2,1-2H3,(H,17,20,22). The molecule has 118 valence electrons. The van der Waals surface area contributed by atoms with E-state index in [0.717, 1.165) is 6.07 Å². The summed E-state index contributed by atoms with van der Waals surface area (Å²) < 4.78 is 38.2. The van der Waals surface area contributed by atoms with Crippen molar-refractivity contribution >= 4 is 5.95 Å². The molecule has 2 heterocycles. The maximum Gasteiger partial charge on any atom is 0.433 e. The molecule has 9 heteroatoms. The molecule has 0 aliphatic heterocycles. The van der Waals surface area contributed by atoms with E-state index in [-0.39, 0.29) is 17.2 Å². The van der Waals surface area contributed by atoms with Crippen LogP contribution in [-0.4, -0.2) is 33.5 Å². The first-order valence-electron chi connectivity index (χ1n) is 6.44. The zero-order chi connectivity index (χ0) is 16.3. The number of nitrogens with one attached hydrogen (secondary N) is 1. The van der Waals surface area contributed by atoms with Crippen LogP contribution in [0.3, 0.4) is 0 Å². The second kappa shape index (κ2) is 6.12. The van der Waals surface area contributed by atoms with Crippen molar-refractivity contribution in [2.45, 2.75) is 19.5 Å². The van der Waals surface area contributed by atoms with E-state index in [9.17, 15) is 18.0 Å². The number of hydrogen-bond donors (Lipinski definition) is 1. The third-order valence-corrected chi connectivity index (χ3v) is 2.88. The van der Waals surface area contributed by atoms with Crippen molar-refractivity contribution in [1.29, 1.82) is 0 Å². The van der Waals surface area contributed by atoms with E-state index in [1.807, 2.05) is 0 Å². The summed E-state index contributed by atoms with van der Waals surface area (Å²) in [4.78, 5) is 26.7. The fourth-order valence-corrected chi connectivity index (χ4v) is 1.78. The summed E-state index contributed by atoms with van der Waals surface area (Å²) >= 11 is 0. The predicted octanol–water partition coefficient (Wildman–Crippen LogP) is 1.57. The van der Waals surface area contributed by atoms with E-state index in [1.54, 1.807) is 7.05 Å². The molecule has 0 bridgehead atoms. The summed E-state index contributed by atoms with van der Waals surface area (Å²) in [6, 6.07) is 2.18. The van der Waals surface area contributed by atoms with Crippen LogP contribution in [-0.2, 0) is 12.6 Å². The second-order valence-electron chi connectivity index (χ2n) is 4.74. The zero-order valence-corrected chi connectivity index (χ0v) is 12.0. The fraction of sp³-hybridized carbons (Fsp3) is 0.385. The van der Waals surface area contributed by atoms with Gasteiger partial charge < -0.3 is 9.88 Å². The molecule has 22 heavy (non-hydrogen) atoms. The molecule has 2 aromatic heterocycles. The first kappa shape index (κ1) is 15.9. The highest BCUT2D eigenvalue weighted by Gasteiger charge is 2.33. The molecular formula is C13H14F3N5O. The number of anilines is 1. The van der Waals surface area contributed by atoms with Gasteiger partial charge in [0.1, 0.15) is 11.5 Å². The Morgan fingerprint density at radius 3 is 2.68 bits per heavy atom. The minimum absolute atomic E-state index is 0.0226. The Kier molecular flexibility index (Phi) is 4.43. The van der Waals surface area contributed by atoms with Crippen LogP contribution >= 0.6 is 0 Å². The van der Waals surface area contributed by atoms with E-state index < -0.39 is 11.9 Å². The van der Waals surface area contributed by atoms with Crippen LogP contribution in [0.4, 0.5) is 19.1 Å². The van der Waals surface area contributed by atoms with E-state index in [0.29, 0.717) is 18.8 Å². The van der Waals surface area contributed by atoms with Gasteiger partial charge in [-0.15, -0.1) is 0 Å². The lowest BCUT2D eigenvalue weighted by atomic mass is 10.3. The highest BCUT2D eigenvalue weighted by atomic mass is 19.4. The van der Waals surface area contributed by atoms with Gasteiger partial charge in [-0.25, -0.2) is 15.0 Å². The Bertz CT molecular complexity index is 713. The molecule has 0 amide bonds. The van der Waals surface area contributed by atoms with E-state index in [2.05, 4.69) is 19.9 Å². The lowest BCUT2D eigenvalue weighted by Gasteiger charge is -2.18. The van der Waals surface area contributed by atoms with Crippen LogP contribution in [0.15, 0.2) is 23.1 Å². The Labute approximate surface area is 124 Å². The number of aromatic amines is 1. The quantitative estimate of drug-likeness (QED) is 0.927. The maximum absolute atomic E-state index is 12.7. The largest absolute Gasteiger partial charge is 0.433 e. The third-order valence-electron chi connectivity index (χ3n) is 2.88. The van der Waals surface area contributed by atoms with Crippen molar-refractivity contribution < 1.29 is 13.2 Å². The first-order valence-corrected chi connectivity index (χ1v) is 6.44. The molecule has 2 aromatic rings. The van der Waals surface area contributed by atoms with Gasteiger partial charge in [-0.05, 0) is 13.0 Å². The fourth-order valence-electron chi connectivity index (χ4n) is 1.78. The van der Waals surface area contributed by atoms with Gasteiger partial charge in [-0.1, -0.05) is 0 Å². The molecule has 0 aliphatic carbocycles. The van der Waals surface area contributed by atoms with Crippen LogP contribution in [0.25, 0.3) is 0 Å². The number of alkyl halides is 3. The van der Waals surface area contributed by atoms with Crippen molar-refractivity contribution in [2.24, 2.45) is 0 Å². The molecule has 6 nitrogen and oxygen atoms in total. The minimum atomic E-state index is -4.52. The van der Waals surface area contributed by atoms with Crippen LogP contribution < -0.4 is 10.5 Å². The summed E-state index contributed by atoms with van der Waals surface area (Å²) in [6.07, 6.45) is -2.79. The average molecular weight is 313 g/mol. The smallest absolute Gasteiger partial charge is 0.343 e. The number of aromatic nitrogens is 4. The van der Waals surface area contributed by atoms with Gasteiger partial charge in [0.05, 0.1) is 0 Å². The predicted molar refractivity (Wildman–Crippen MR) is 73.6 cm³/mol. The lowest BCUT2D eigenvalue weighted by Crippen LogP contribution is -2.25. The Morgan fingerprint density at radius 1 is 1.32 bits per heavy atom. The Morgan fingerprint density at radius 2 is 2.05 bits per heavy atom. The van der Waals surface area contributed by atoms with Gasteiger partial charge in [-0.3, -0.25) is 4.79 Å². The van der Waals surface area contributed by atoms with Crippen molar-refractivity contribution in [2.75, 3.05) is 18.5 Å². The molecule has 0 fully saturated rings. The average Bonchev–Trinajstić information content (AvgIpc) is 2.43. The number of aryl methyl sites for hydroxylation is 1. The SMILES string of the molecule is Cc1cc(C(F)(F)F)nc(N(C)CCc2nccc(=O)[nH]2)n1. The number of rotatable bonds is 4. The molecule has 0 radical (unpaired) electrons. The second-order valence-corrected chi connectivity index (χ2v) is 4.74. The Hall–Kier alpha value is -2.45. The summed E-state index contributed by atoms with van der Waals surface area (Å²) in [5.74, 6) is 0.425. The van der Waals surface area contributed by atoms with Crippen LogP contribution in [0.2, 0.25) is 0 Å². The molecule has 0 spiro atoms. The summed E-state index contributed by atoms with van der Waals surface area (Å²) in [5, 5.41) is 0. The van der Waals surface area contributed by atoms with Gasteiger partial charge in [0.15, 0.2) is 0 Å². The van der Waals surface area contributed by atoms with Crippen LogP contribution in [0.1, 0.15) is 17.2 Å². The van der Waals surface area contributed by atoms with Crippen molar-refractivity contribution in [3.8, 4) is 0 Å². The molecule has 0 saturated heterocycles. The van der Waals surface area contributed by atoms with Gasteiger partial charge >= 0.3 is 6.18 Å². The summed E-state index contributed by atoms with van der Waals surface area (Å²) in [6.45, 7) is 1.79. The number of likely N-dealkylation sites (N-methyl/N-ethyl adjacent to an activating group) is 1. The molecule has 1 N–H and O–H groups in total. The van der Waals surface area contributed by atoms with Gasteiger partial charge in [0.25, 0.3) is 5.56 Å². The van der Waals surface area contributed by atoms with E-state index >= 15 is 0 Å². The van der Waals surface area contributed by atoms with Gasteiger partial charge in [-0.2, -0.15) is 13.2 Å². The number of halogens is 3. The molecular weight excluding hydrogens is 299 g/mol. The molecule has 0 unspecified atom stereocenters.